The molecule has 0 aliphatic rings. The smallest absolute Gasteiger partial charge is 0.168 e. The Balaban J connectivity index is 2.45. The molecule has 1 aromatic heterocycles. The Morgan fingerprint density at radius 1 is 1.43 bits per heavy atom. The molecule has 0 aliphatic carbocycles. The quantitative estimate of drug-likeness (QED) is 0.703. The molecule has 0 saturated heterocycles. The zero-order valence-corrected chi connectivity index (χ0v) is 8.52. The van der Waals surface area contributed by atoms with Gasteiger partial charge in [0.05, 0.1) is 0 Å². The van der Waals surface area contributed by atoms with Crippen molar-refractivity contribution in [2.24, 2.45) is 5.73 Å². The van der Waals surface area contributed by atoms with Crippen LogP contribution in [-0.4, -0.2) is 5.11 Å². The lowest BCUT2D eigenvalue weighted by molar-refractivity contribution is 0.578. The van der Waals surface area contributed by atoms with Crippen molar-refractivity contribution in [3.63, 3.8) is 0 Å². The summed E-state index contributed by atoms with van der Waals surface area (Å²) in [6, 6.07) is 7.69. The number of nitrogens with one attached hydrogen (secondary N) is 1. The Hall–Kier alpha value is -1.55. The van der Waals surface area contributed by atoms with Gasteiger partial charge in [-0.25, -0.2) is 0 Å². The third-order valence-electron chi connectivity index (χ3n) is 1.91. The van der Waals surface area contributed by atoms with Crippen LogP contribution in [0.1, 0.15) is 5.76 Å². The molecular weight excluding hydrogens is 196 g/mol. The predicted molar refractivity (Wildman–Crippen MR) is 61.4 cm³/mol. The van der Waals surface area contributed by atoms with Gasteiger partial charge in [0.2, 0.25) is 0 Å². The summed E-state index contributed by atoms with van der Waals surface area (Å²) < 4.78 is 5.44. The van der Waals surface area contributed by atoms with Crippen molar-refractivity contribution in [2.75, 3.05) is 5.32 Å². The van der Waals surface area contributed by atoms with Gasteiger partial charge in [0, 0.05) is 11.1 Å². The Bertz CT molecular complexity index is 490. The largest absolute Gasteiger partial charge is 0.461 e. The summed E-state index contributed by atoms with van der Waals surface area (Å²) in [5.74, 6) is 0.896. The molecule has 1 heterocycles. The average Bonchev–Trinajstić information content (AvgIpc) is 2.42. The van der Waals surface area contributed by atoms with E-state index < -0.39 is 0 Å². The van der Waals surface area contributed by atoms with E-state index in [2.05, 4.69) is 5.32 Å². The zero-order chi connectivity index (χ0) is 10.1. The SMILES string of the molecule is Cc1cc2cc(NC(N)=S)ccc2o1. The van der Waals surface area contributed by atoms with Gasteiger partial charge >= 0.3 is 0 Å². The summed E-state index contributed by atoms with van der Waals surface area (Å²) in [6.07, 6.45) is 0. The average molecular weight is 206 g/mol. The van der Waals surface area contributed by atoms with E-state index in [0.717, 1.165) is 22.4 Å². The van der Waals surface area contributed by atoms with Crippen LogP contribution in [0.5, 0.6) is 0 Å². The molecule has 0 fully saturated rings. The van der Waals surface area contributed by atoms with Crippen LogP contribution in [0.3, 0.4) is 0 Å². The Morgan fingerprint density at radius 2 is 2.21 bits per heavy atom. The van der Waals surface area contributed by atoms with Gasteiger partial charge in [0.1, 0.15) is 11.3 Å². The van der Waals surface area contributed by atoms with Gasteiger partial charge in [0.25, 0.3) is 0 Å². The molecule has 0 bridgehead atoms. The van der Waals surface area contributed by atoms with Crippen LogP contribution in [0.2, 0.25) is 0 Å². The van der Waals surface area contributed by atoms with E-state index in [-0.39, 0.29) is 5.11 Å². The number of hydrogen-bond acceptors (Lipinski definition) is 2. The zero-order valence-electron chi connectivity index (χ0n) is 7.70. The normalized spacial score (nSPS) is 10.4. The number of thiocarbonyl (C=S) groups is 1. The van der Waals surface area contributed by atoms with E-state index >= 15 is 0 Å². The van der Waals surface area contributed by atoms with Crippen LogP contribution in [0.4, 0.5) is 5.69 Å². The predicted octanol–water partition coefficient (Wildman–Crippen LogP) is 2.40. The van der Waals surface area contributed by atoms with Gasteiger partial charge in [-0.3, -0.25) is 0 Å². The molecule has 0 aliphatic heterocycles. The van der Waals surface area contributed by atoms with Gasteiger partial charge in [-0.05, 0) is 43.4 Å². The fourth-order valence-corrected chi connectivity index (χ4v) is 1.51. The summed E-state index contributed by atoms with van der Waals surface area (Å²) in [4.78, 5) is 0. The van der Waals surface area contributed by atoms with Crippen molar-refractivity contribution in [3.05, 3.63) is 30.0 Å². The van der Waals surface area contributed by atoms with Crippen molar-refractivity contribution in [1.82, 2.24) is 0 Å². The van der Waals surface area contributed by atoms with Gasteiger partial charge in [-0.1, -0.05) is 0 Å². The third-order valence-corrected chi connectivity index (χ3v) is 2.01. The van der Waals surface area contributed by atoms with E-state index in [1.807, 2.05) is 31.2 Å². The van der Waals surface area contributed by atoms with Crippen molar-refractivity contribution in [1.29, 1.82) is 0 Å². The summed E-state index contributed by atoms with van der Waals surface area (Å²) >= 11 is 4.75. The minimum absolute atomic E-state index is 0.268. The van der Waals surface area contributed by atoms with Gasteiger partial charge < -0.3 is 15.5 Å². The fourth-order valence-electron chi connectivity index (χ4n) is 1.40. The standard InChI is InChI=1S/C10H10N2OS/c1-6-4-7-5-8(12-10(11)14)2-3-9(7)13-6/h2-5H,1H3,(H3,11,12,14). The first-order chi connectivity index (χ1) is 6.65. The van der Waals surface area contributed by atoms with Crippen LogP contribution < -0.4 is 11.1 Å². The van der Waals surface area contributed by atoms with Crippen LogP contribution in [0, 0.1) is 6.92 Å². The third kappa shape index (κ3) is 1.70. The Kier molecular flexibility index (Phi) is 2.13. The lowest BCUT2D eigenvalue weighted by Gasteiger charge is -2.02. The Morgan fingerprint density at radius 3 is 2.93 bits per heavy atom. The van der Waals surface area contributed by atoms with Crippen LogP contribution in [0.15, 0.2) is 28.7 Å². The highest BCUT2D eigenvalue weighted by molar-refractivity contribution is 7.80. The van der Waals surface area contributed by atoms with E-state index in [1.165, 1.54) is 0 Å². The highest BCUT2D eigenvalue weighted by atomic mass is 32.1. The molecule has 3 nitrogen and oxygen atoms in total. The first kappa shape index (κ1) is 9.02. The molecule has 0 unspecified atom stereocenters. The van der Waals surface area contributed by atoms with Crippen LogP contribution in [0.25, 0.3) is 11.0 Å². The molecule has 1 aromatic carbocycles. The van der Waals surface area contributed by atoms with Crippen molar-refractivity contribution in [3.8, 4) is 0 Å². The summed E-state index contributed by atoms with van der Waals surface area (Å²) in [5.41, 5.74) is 7.12. The second kappa shape index (κ2) is 3.31. The molecule has 0 amide bonds. The maximum absolute atomic E-state index is 5.44. The minimum Gasteiger partial charge on any atom is -0.461 e. The van der Waals surface area contributed by atoms with E-state index in [0.29, 0.717) is 0 Å². The second-order valence-electron chi connectivity index (χ2n) is 3.10. The number of hydrogen-bond donors (Lipinski definition) is 2. The van der Waals surface area contributed by atoms with E-state index in [4.69, 9.17) is 22.4 Å². The van der Waals surface area contributed by atoms with E-state index in [9.17, 15) is 0 Å². The van der Waals surface area contributed by atoms with Gasteiger partial charge in [-0.2, -0.15) is 0 Å². The molecule has 0 spiro atoms. The lowest BCUT2D eigenvalue weighted by atomic mass is 10.2. The number of benzene rings is 1. The summed E-state index contributed by atoms with van der Waals surface area (Å²) in [5, 5.41) is 4.19. The molecule has 2 rings (SSSR count). The van der Waals surface area contributed by atoms with Crippen molar-refractivity contribution in [2.45, 2.75) is 6.92 Å². The number of nitrogens with two attached hydrogens (primary N) is 1. The summed E-state index contributed by atoms with van der Waals surface area (Å²) in [6.45, 7) is 1.92. The topological polar surface area (TPSA) is 51.2 Å². The molecule has 4 heteroatoms. The second-order valence-corrected chi connectivity index (χ2v) is 3.54. The molecule has 0 atom stereocenters. The van der Waals surface area contributed by atoms with Crippen LogP contribution in [-0.2, 0) is 0 Å². The molecule has 72 valence electrons. The maximum Gasteiger partial charge on any atom is 0.168 e. The molecular formula is C10H10N2OS. The molecule has 0 saturated carbocycles. The molecule has 14 heavy (non-hydrogen) atoms. The molecule has 0 radical (unpaired) electrons. The lowest BCUT2D eigenvalue weighted by Crippen LogP contribution is -2.18. The van der Waals surface area contributed by atoms with Crippen molar-refractivity contribution < 1.29 is 4.42 Å². The number of aryl methyl sites for hydroxylation is 1. The van der Waals surface area contributed by atoms with Gasteiger partial charge in [-0.15, -0.1) is 0 Å². The number of furan rings is 1. The highest BCUT2D eigenvalue weighted by Gasteiger charge is 2.01. The first-order valence-electron chi connectivity index (χ1n) is 4.22. The van der Waals surface area contributed by atoms with Crippen LogP contribution >= 0.6 is 12.2 Å². The highest BCUT2D eigenvalue weighted by Crippen LogP contribution is 2.22. The number of rotatable bonds is 1. The fraction of sp³-hybridized carbons (Fsp3) is 0.100. The van der Waals surface area contributed by atoms with Gasteiger partial charge in [0.15, 0.2) is 5.11 Å². The van der Waals surface area contributed by atoms with E-state index in [1.54, 1.807) is 0 Å². The minimum atomic E-state index is 0.268. The summed E-state index contributed by atoms with van der Waals surface area (Å²) in [7, 11) is 0. The molecule has 3 N–H and O–H groups in total. The maximum atomic E-state index is 5.44. The first-order valence-corrected chi connectivity index (χ1v) is 4.62. The number of fused-ring (bicyclic) bond motifs is 1. The Labute approximate surface area is 86.9 Å². The monoisotopic (exact) mass is 206 g/mol. The molecule has 2 aromatic rings. The van der Waals surface area contributed by atoms with Crippen molar-refractivity contribution >= 4 is 34.0 Å². The number of anilines is 1.